The fourth-order valence-corrected chi connectivity index (χ4v) is 3.28. The molecule has 0 aliphatic carbocycles. The Labute approximate surface area is 143 Å². The lowest BCUT2D eigenvalue weighted by Crippen LogP contribution is -2.11. The van der Waals surface area contributed by atoms with Crippen LogP contribution in [0.25, 0.3) is 0 Å². The molecule has 3 rings (SSSR count). The van der Waals surface area contributed by atoms with Crippen LogP contribution in [0.5, 0.6) is 0 Å². The summed E-state index contributed by atoms with van der Waals surface area (Å²) < 4.78 is 1.75. The summed E-state index contributed by atoms with van der Waals surface area (Å²) in [4.78, 5) is 13.1. The molecule has 6 heteroatoms. The number of anilines is 1. The van der Waals surface area contributed by atoms with Crippen molar-refractivity contribution < 1.29 is 4.79 Å². The van der Waals surface area contributed by atoms with Gasteiger partial charge in [0.2, 0.25) is 0 Å². The fraction of sp³-hybridized carbons (Fsp3) is 0.176. The number of halogens is 1. The first kappa shape index (κ1) is 15.8. The summed E-state index contributed by atoms with van der Waals surface area (Å²) in [5.41, 5.74) is 3.03. The van der Waals surface area contributed by atoms with E-state index in [2.05, 4.69) is 17.3 Å². The Balaban J connectivity index is 1.71. The van der Waals surface area contributed by atoms with Crippen molar-refractivity contribution in [2.45, 2.75) is 19.9 Å². The predicted octanol–water partition coefficient (Wildman–Crippen LogP) is 4.46. The maximum Gasteiger partial charge on any atom is 0.265 e. The zero-order chi connectivity index (χ0) is 16.2. The molecular formula is C17H16ClN3OS. The van der Waals surface area contributed by atoms with Crippen molar-refractivity contribution in [3.63, 3.8) is 0 Å². The summed E-state index contributed by atoms with van der Waals surface area (Å²) in [5.74, 6) is -0.0827. The molecule has 0 spiro atoms. The van der Waals surface area contributed by atoms with Gasteiger partial charge in [-0.2, -0.15) is 5.10 Å². The lowest BCUT2D eigenvalue weighted by atomic mass is 10.1. The molecule has 1 amide bonds. The van der Waals surface area contributed by atoms with E-state index >= 15 is 0 Å². The third-order valence-electron chi connectivity index (χ3n) is 3.47. The molecule has 118 valence electrons. The molecule has 3 aromatic rings. The van der Waals surface area contributed by atoms with Crippen LogP contribution >= 0.6 is 22.9 Å². The van der Waals surface area contributed by atoms with Gasteiger partial charge in [0.05, 0.1) is 22.6 Å². The number of nitrogens with zero attached hydrogens (tertiary/aromatic N) is 2. The molecule has 0 atom stereocenters. The number of benzene rings is 1. The summed E-state index contributed by atoms with van der Waals surface area (Å²) in [5, 5.41) is 9.71. The number of amides is 1. The van der Waals surface area contributed by atoms with E-state index in [1.165, 1.54) is 11.3 Å². The van der Waals surface area contributed by atoms with Crippen molar-refractivity contribution >= 4 is 34.5 Å². The number of hydrogen-bond acceptors (Lipinski definition) is 3. The van der Waals surface area contributed by atoms with E-state index in [9.17, 15) is 4.79 Å². The Morgan fingerprint density at radius 3 is 2.96 bits per heavy atom. The van der Waals surface area contributed by atoms with Gasteiger partial charge in [-0.15, -0.1) is 11.3 Å². The molecule has 0 radical (unpaired) electrons. The molecule has 0 saturated carbocycles. The van der Waals surface area contributed by atoms with Gasteiger partial charge in [0, 0.05) is 11.9 Å². The molecule has 0 unspecified atom stereocenters. The molecule has 4 nitrogen and oxygen atoms in total. The van der Waals surface area contributed by atoms with E-state index in [4.69, 9.17) is 11.6 Å². The number of rotatable bonds is 5. The second-order valence-electron chi connectivity index (χ2n) is 5.14. The average molecular weight is 346 g/mol. The number of para-hydroxylation sites is 1. The molecule has 0 bridgehead atoms. The third kappa shape index (κ3) is 3.81. The van der Waals surface area contributed by atoms with Crippen molar-refractivity contribution in [1.82, 2.24) is 9.78 Å². The number of carbonyl (C=O) groups is 1. The van der Waals surface area contributed by atoms with Crippen molar-refractivity contribution in [1.29, 1.82) is 0 Å². The highest BCUT2D eigenvalue weighted by Crippen LogP contribution is 2.20. The topological polar surface area (TPSA) is 46.9 Å². The minimum Gasteiger partial charge on any atom is -0.321 e. The molecule has 23 heavy (non-hydrogen) atoms. The zero-order valence-electron chi connectivity index (χ0n) is 12.6. The Morgan fingerprint density at radius 2 is 2.22 bits per heavy atom. The minimum atomic E-state index is -0.0827. The summed E-state index contributed by atoms with van der Waals surface area (Å²) in [6, 6.07) is 9.75. The Bertz CT molecular complexity index is 825. The van der Waals surface area contributed by atoms with Crippen molar-refractivity contribution in [2.75, 3.05) is 5.32 Å². The highest BCUT2D eigenvalue weighted by Gasteiger charge is 2.11. The highest BCUT2D eigenvalue weighted by molar-refractivity contribution is 7.12. The lowest BCUT2D eigenvalue weighted by Gasteiger charge is -2.08. The van der Waals surface area contributed by atoms with Gasteiger partial charge in [0.1, 0.15) is 0 Å². The summed E-state index contributed by atoms with van der Waals surface area (Å²) in [6.45, 7) is 2.67. The van der Waals surface area contributed by atoms with Gasteiger partial charge in [-0.3, -0.25) is 9.48 Å². The monoisotopic (exact) mass is 345 g/mol. The molecule has 2 heterocycles. The second kappa shape index (κ2) is 6.98. The van der Waals surface area contributed by atoms with Gasteiger partial charge in [-0.1, -0.05) is 36.7 Å². The number of nitrogens with one attached hydrogen (secondary N) is 1. The van der Waals surface area contributed by atoms with E-state index in [1.54, 1.807) is 17.1 Å². The zero-order valence-corrected chi connectivity index (χ0v) is 14.2. The first-order valence-corrected chi connectivity index (χ1v) is 8.56. The maximum atomic E-state index is 12.4. The lowest BCUT2D eigenvalue weighted by molar-refractivity contribution is 0.103. The van der Waals surface area contributed by atoms with Crippen molar-refractivity contribution in [2.24, 2.45) is 0 Å². The van der Waals surface area contributed by atoms with Crippen LogP contribution in [-0.4, -0.2) is 15.7 Å². The van der Waals surface area contributed by atoms with Gasteiger partial charge < -0.3 is 5.32 Å². The predicted molar refractivity (Wildman–Crippen MR) is 94.4 cm³/mol. The normalized spacial score (nSPS) is 10.7. The van der Waals surface area contributed by atoms with Crippen LogP contribution in [0.1, 0.15) is 27.7 Å². The number of thiophene rings is 1. The van der Waals surface area contributed by atoms with Crippen molar-refractivity contribution in [3.05, 3.63) is 69.1 Å². The largest absolute Gasteiger partial charge is 0.321 e. The van der Waals surface area contributed by atoms with Crippen LogP contribution in [0, 0.1) is 0 Å². The molecule has 0 saturated heterocycles. The van der Waals surface area contributed by atoms with Gasteiger partial charge >= 0.3 is 0 Å². The Hall–Kier alpha value is -2.11. The van der Waals surface area contributed by atoms with Crippen LogP contribution in [0.2, 0.25) is 5.02 Å². The van der Waals surface area contributed by atoms with Crippen LogP contribution in [-0.2, 0) is 13.0 Å². The van der Waals surface area contributed by atoms with E-state index < -0.39 is 0 Å². The van der Waals surface area contributed by atoms with E-state index in [0.717, 1.165) is 23.2 Å². The summed E-state index contributed by atoms with van der Waals surface area (Å²) in [6.07, 6.45) is 4.24. The quantitative estimate of drug-likeness (QED) is 0.742. The van der Waals surface area contributed by atoms with Gasteiger partial charge in [-0.05, 0) is 35.1 Å². The Morgan fingerprint density at radius 1 is 1.39 bits per heavy atom. The van der Waals surface area contributed by atoms with Gasteiger partial charge in [0.25, 0.3) is 5.91 Å². The average Bonchev–Trinajstić information content (AvgIpc) is 3.17. The van der Waals surface area contributed by atoms with Crippen LogP contribution in [0.3, 0.4) is 0 Å². The maximum absolute atomic E-state index is 12.4. The molecule has 0 aliphatic heterocycles. The molecule has 0 fully saturated rings. The van der Waals surface area contributed by atoms with Crippen LogP contribution in [0.15, 0.2) is 48.1 Å². The molecule has 1 aromatic carbocycles. The van der Waals surface area contributed by atoms with Gasteiger partial charge in [0.15, 0.2) is 0 Å². The standard InChI is InChI=1S/C17H16ClN3OS/c1-2-13-5-3-4-6-15(13)20-17(22)16-7-12(11-23-16)9-21-10-14(18)8-19-21/h3-8,10-11H,2,9H2,1H3,(H,20,22). The van der Waals surface area contributed by atoms with E-state index in [-0.39, 0.29) is 5.91 Å². The first-order chi connectivity index (χ1) is 11.2. The Kier molecular flexibility index (Phi) is 4.79. The first-order valence-electron chi connectivity index (χ1n) is 7.30. The van der Waals surface area contributed by atoms with Crippen LogP contribution in [0.4, 0.5) is 5.69 Å². The number of aryl methyl sites for hydroxylation is 1. The smallest absolute Gasteiger partial charge is 0.265 e. The van der Waals surface area contributed by atoms with Gasteiger partial charge in [-0.25, -0.2) is 0 Å². The molecule has 1 N–H and O–H groups in total. The molecule has 2 aromatic heterocycles. The highest BCUT2D eigenvalue weighted by atomic mass is 35.5. The fourth-order valence-electron chi connectivity index (χ4n) is 2.32. The molecular weight excluding hydrogens is 330 g/mol. The summed E-state index contributed by atoms with van der Waals surface area (Å²) >= 11 is 7.29. The minimum absolute atomic E-state index is 0.0827. The second-order valence-corrected chi connectivity index (χ2v) is 6.49. The number of carbonyl (C=O) groups excluding carboxylic acids is 1. The molecule has 0 aliphatic rings. The van der Waals surface area contributed by atoms with Crippen molar-refractivity contribution in [3.8, 4) is 0 Å². The van der Waals surface area contributed by atoms with Crippen LogP contribution < -0.4 is 5.32 Å². The SMILES string of the molecule is CCc1ccccc1NC(=O)c1cc(Cn2cc(Cl)cn2)cs1. The number of hydrogen-bond donors (Lipinski definition) is 1. The number of aromatic nitrogens is 2. The third-order valence-corrected chi connectivity index (χ3v) is 4.64. The van der Waals surface area contributed by atoms with E-state index in [0.29, 0.717) is 16.4 Å². The van der Waals surface area contributed by atoms with E-state index in [1.807, 2.05) is 35.7 Å². The summed E-state index contributed by atoms with van der Waals surface area (Å²) in [7, 11) is 0.